The van der Waals surface area contributed by atoms with E-state index in [1.54, 1.807) is 18.2 Å². The van der Waals surface area contributed by atoms with Gasteiger partial charge in [0.05, 0.1) is 15.6 Å². The van der Waals surface area contributed by atoms with Gasteiger partial charge in [0.15, 0.2) is 11.5 Å². The molecular weight excluding hydrogens is 571 g/mol. The second kappa shape index (κ2) is 9.50. The van der Waals surface area contributed by atoms with Crippen molar-refractivity contribution in [2.45, 2.75) is 11.8 Å². The van der Waals surface area contributed by atoms with Crippen LogP contribution in [0.1, 0.15) is 11.1 Å². The molecule has 2 aromatic rings. The smallest absolute Gasteiger partial charge is 0.339 e. The molecule has 168 valence electrons. The Kier molecular flexibility index (Phi) is 7.15. The molecule has 1 aliphatic rings. The summed E-state index contributed by atoms with van der Waals surface area (Å²) in [6.45, 7) is 1.33. The molecule has 2 aromatic carbocycles. The van der Waals surface area contributed by atoms with Crippen molar-refractivity contribution in [3.05, 3.63) is 56.0 Å². The third-order valence-electron chi connectivity index (χ3n) is 4.24. The van der Waals surface area contributed by atoms with Gasteiger partial charge in [-0.3, -0.25) is 19.3 Å². The van der Waals surface area contributed by atoms with Gasteiger partial charge in [-0.15, -0.1) is 0 Å². The number of primary amides is 1. The second-order valence-electron chi connectivity index (χ2n) is 6.62. The zero-order chi connectivity index (χ0) is 23.6. The van der Waals surface area contributed by atoms with E-state index in [-0.39, 0.29) is 21.3 Å². The first kappa shape index (κ1) is 24.1. The van der Waals surface area contributed by atoms with Gasteiger partial charge in [0.1, 0.15) is 11.4 Å². The van der Waals surface area contributed by atoms with Crippen LogP contribution < -0.4 is 14.7 Å². The van der Waals surface area contributed by atoms with Crippen LogP contribution in [0.25, 0.3) is 6.08 Å². The van der Waals surface area contributed by atoms with Gasteiger partial charge in [-0.1, -0.05) is 17.7 Å². The molecule has 0 aromatic heterocycles. The number of ether oxygens (including phenoxy) is 1. The third-order valence-corrected chi connectivity index (χ3v) is 7.18. The molecule has 1 aliphatic heterocycles. The Labute approximate surface area is 202 Å². The van der Waals surface area contributed by atoms with Gasteiger partial charge in [-0.25, -0.2) is 0 Å². The Morgan fingerprint density at radius 1 is 1.22 bits per heavy atom. The number of carbonyl (C=O) groups is 3. The maximum absolute atomic E-state index is 12.7. The minimum absolute atomic E-state index is 0.00634. The van der Waals surface area contributed by atoms with E-state index in [0.29, 0.717) is 20.9 Å². The van der Waals surface area contributed by atoms with Crippen LogP contribution in [0, 0.1) is 10.5 Å². The van der Waals surface area contributed by atoms with E-state index < -0.39 is 33.7 Å². The van der Waals surface area contributed by atoms with Crippen LogP contribution in [-0.4, -0.2) is 44.0 Å². The number of imide groups is 1. The Bertz CT molecular complexity index is 1240. The van der Waals surface area contributed by atoms with Gasteiger partial charge in [-0.05, 0) is 77.2 Å². The number of aryl methyl sites for hydroxylation is 1. The molecule has 9 nitrogen and oxygen atoms in total. The maximum atomic E-state index is 12.7. The van der Waals surface area contributed by atoms with E-state index in [1.165, 1.54) is 31.4 Å². The van der Waals surface area contributed by atoms with Gasteiger partial charge in [-0.2, -0.15) is 8.42 Å². The second-order valence-corrected chi connectivity index (χ2v) is 10.3. The van der Waals surface area contributed by atoms with E-state index in [4.69, 9.17) is 14.7 Å². The minimum Gasteiger partial charge on any atom is -0.493 e. The van der Waals surface area contributed by atoms with E-state index >= 15 is 0 Å². The zero-order valence-electron chi connectivity index (χ0n) is 16.8. The van der Waals surface area contributed by atoms with E-state index in [9.17, 15) is 22.8 Å². The SMILES string of the molecule is COc1cc(/C=C2\SC(=O)N(CC(N)=O)C2=O)cc(I)c1OS(=O)(=O)c1ccc(C)cc1. The minimum atomic E-state index is -4.11. The number of nitrogens with two attached hydrogens (primary N) is 1. The third kappa shape index (κ3) is 5.24. The summed E-state index contributed by atoms with van der Waals surface area (Å²) >= 11 is 2.56. The Balaban J connectivity index is 1.93. The van der Waals surface area contributed by atoms with Gasteiger partial charge in [0, 0.05) is 0 Å². The van der Waals surface area contributed by atoms with Crippen LogP contribution in [0.4, 0.5) is 4.79 Å². The highest BCUT2D eigenvalue weighted by molar-refractivity contribution is 14.1. The van der Waals surface area contributed by atoms with Gasteiger partial charge < -0.3 is 14.7 Å². The number of halogens is 1. The summed E-state index contributed by atoms with van der Waals surface area (Å²) in [4.78, 5) is 36.3. The quantitative estimate of drug-likeness (QED) is 0.297. The molecular formula is C20H17IN2O7S2. The van der Waals surface area contributed by atoms with Crippen molar-refractivity contribution < 1.29 is 31.7 Å². The number of rotatable bonds is 7. The monoisotopic (exact) mass is 588 g/mol. The number of hydrogen-bond donors (Lipinski definition) is 1. The lowest BCUT2D eigenvalue weighted by Gasteiger charge is -2.14. The van der Waals surface area contributed by atoms with Crippen molar-refractivity contribution in [2.75, 3.05) is 13.7 Å². The molecule has 0 unspecified atom stereocenters. The molecule has 0 spiro atoms. The summed E-state index contributed by atoms with van der Waals surface area (Å²) in [6, 6.07) is 9.26. The average Bonchev–Trinajstić information content (AvgIpc) is 2.97. The fourth-order valence-corrected chi connectivity index (χ4v) is 5.39. The van der Waals surface area contributed by atoms with Gasteiger partial charge in [0.2, 0.25) is 5.91 Å². The summed E-state index contributed by atoms with van der Waals surface area (Å²) in [5.74, 6) is -1.33. The van der Waals surface area contributed by atoms with Crippen molar-refractivity contribution >= 4 is 67.6 Å². The molecule has 2 N–H and O–H groups in total. The Morgan fingerprint density at radius 3 is 2.47 bits per heavy atom. The molecule has 1 fully saturated rings. The van der Waals surface area contributed by atoms with E-state index in [1.807, 2.05) is 29.5 Å². The lowest BCUT2D eigenvalue weighted by molar-refractivity contribution is -0.127. The van der Waals surface area contributed by atoms with Gasteiger partial charge >= 0.3 is 10.1 Å². The van der Waals surface area contributed by atoms with Crippen LogP contribution in [0.5, 0.6) is 11.5 Å². The molecule has 3 amide bonds. The number of thioether (sulfide) groups is 1. The van der Waals surface area contributed by atoms with Crippen LogP contribution in [0.3, 0.4) is 0 Å². The van der Waals surface area contributed by atoms with Gasteiger partial charge in [0.25, 0.3) is 11.1 Å². The van der Waals surface area contributed by atoms with Crippen LogP contribution in [0.2, 0.25) is 0 Å². The van der Waals surface area contributed by atoms with Crippen molar-refractivity contribution in [2.24, 2.45) is 5.73 Å². The molecule has 32 heavy (non-hydrogen) atoms. The normalized spacial score (nSPS) is 15.3. The number of nitrogens with zero attached hydrogens (tertiary/aromatic N) is 1. The number of carbonyl (C=O) groups excluding carboxylic acids is 3. The van der Waals surface area contributed by atoms with Crippen molar-refractivity contribution in [3.8, 4) is 11.5 Å². The number of benzene rings is 2. The standard InChI is InChI=1S/C20H17IN2O7S2/c1-11-3-5-13(6-4-11)32(27,28)30-18-14(21)7-12(8-15(18)29-2)9-16-19(25)23(10-17(22)24)20(26)31-16/h3-9H,10H2,1-2H3,(H2,22,24)/b16-9-. The molecule has 0 atom stereocenters. The summed E-state index contributed by atoms with van der Waals surface area (Å²) < 4.78 is 36.4. The van der Waals surface area contributed by atoms with Crippen LogP contribution in [-0.2, 0) is 19.7 Å². The van der Waals surface area contributed by atoms with E-state index in [2.05, 4.69) is 0 Å². The van der Waals surface area contributed by atoms with Crippen LogP contribution >= 0.6 is 34.4 Å². The topological polar surface area (TPSA) is 133 Å². The van der Waals surface area contributed by atoms with Crippen LogP contribution in [0.15, 0.2) is 46.2 Å². The van der Waals surface area contributed by atoms with Crippen molar-refractivity contribution in [3.63, 3.8) is 0 Å². The molecule has 0 radical (unpaired) electrons. The largest absolute Gasteiger partial charge is 0.493 e. The molecule has 1 heterocycles. The fourth-order valence-electron chi connectivity index (χ4n) is 2.71. The molecule has 1 saturated heterocycles. The lowest BCUT2D eigenvalue weighted by atomic mass is 10.2. The Hall–Kier alpha value is -2.58. The molecule has 0 aliphatic carbocycles. The lowest BCUT2D eigenvalue weighted by Crippen LogP contribution is -2.36. The number of methoxy groups -OCH3 is 1. The molecule has 0 saturated carbocycles. The highest BCUT2D eigenvalue weighted by Crippen LogP contribution is 2.38. The first-order valence-electron chi connectivity index (χ1n) is 8.94. The first-order valence-corrected chi connectivity index (χ1v) is 12.2. The van der Waals surface area contributed by atoms with Crippen molar-refractivity contribution in [1.82, 2.24) is 4.90 Å². The highest BCUT2D eigenvalue weighted by Gasteiger charge is 2.36. The number of hydrogen-bond acceptors (Lipinski definition) is 8. The molecule has 12 heteroatoms. The average molecular weight is 588 g/mol. The maximum Gasteiger partial charge on any atom is 0.339 e. The molecule has 0 bridgehead atoms. The highest BCUT2D eigenvalue weighted by atomic mass is 127. The Morgan fingerprint density at radius 2 is 1.88 bits per heavy atom. The summed E-state index contributed by atoms with van der Waals surface area (Å²) in [5.41, 5.74) is 6.45. The molecule has 3 rings (SSSR count). The zero-order valence-corrected chi connectivity index (χ0v) is 20.6. The fraction of sp³-hybridized carbons (Fsp3) is 0.150. The van der Waals surface area contributed by atoms with E-state index in [0.717, 1.165) is 10.5 Å². The summed E-state index contributed by atoms with van der Waals surface area (Å²) in [7, 11) is -2.76. The summed E-state index contributed by atoms with van der Waals surface area (Å²) in [6.07, 6.45) is 1.44. The predicted octanol–water partition coefficient (Wildman–Crippen LogP) is 2.90. The first-order chi connectivity index (χ1) is 15.0. The number of amides is 3. The predicted molar refractivity (Wildman–Crippen MR) is 127 cm³/mol. The summed E-state index contributed by atoms with van der Waals surface area (Å²) in [5, 5.41) is -0.606. The van der Waals surface area contributed by atoms with Crippen molar-refractivity contribution in [1.29, 1.82) is 0 Å².